The fourth-order valence-electron chi connectivity index (χ4n) is 1.64. The molecule has 3 heterocycles. The van der Waals surface area contributed by atoms with Gasteiger partial charge in [-0.1, -0.05) is 0 Å². The third kappa shape index (κ3) is 2.43. The molecular formula is C12H7ClFN5. The van der Waals surface area contributed by atoms with E-state index in [2.05, 4.69) is 25.3 Å². The number of pyridine rings is 2. The normalized spacial score (nSPS) is 10.6. The number of fused-ring (bicyclic) bond motifs is 1. The van der Waals surface area contributed by atoms with Crippen molar-refractivity contribution in [2.24, 2.45) is 0 Å². The van der Waals surface area contributed by atoms with Gasteiger partial charge in [-0.2, -0.15) is 0 Å². The van der Waals surface area contributed by atoms with E-state index in [0.29, 0.717) is 22.4 Å². The molecule has 0 radical (unpaired) electrons. The van der Waals surface area contributed by atoms with Crippen LogP contribution in [0.1, 0.15) is 0 Å². The van der Waals surface area contributed by atoms with Gasteiger partial charge in [0.2, 0.25) is 5.28 Å². The second-order valence-electron chi connectivity index (χ2n) is 3.75. The summed E-state index contributed by atoms with van der Waals surface area (Å²) in [5.74, 6) is 0.114. The first-order valence-corrected chi connectivity index (χ1v) is 5.75. The highest BCUT2D eigenvalue weighted by atomic mass is 35.5. The van der Waals surface area contributed by atoms with E-state index in [1.807, 2.05) is 0 Å². The smallest absolute Gasteiger partial charge is 0.222 e. The standard InChI is InChI=1S/C12H7ClFN5/c13-12-17-5-9(6-18-12)19-11-10-7(1-2-15-11)3-8(14)4-16-10/h1-6H,(H,15,19). The Morgan fingerprint density at radius 3 is 2.63 bits per heavy atom. The predicted molar refractivity (Wildman–Crippen MR) is 69.8 cm³/mol. The molecule has 3 aromatic heterocycles. The van der Waals surface area contributed by atoms with Crippen molar-refractivity contribution in [3.05, 3.63) is 48.0 Å². The summed E-state index contributed by atoms with van der Waals surface area (Å²) < 4.78 is 13.1. The van der Waals surface area contributed by atoms with Gasteiger partial charge in [0.15, 0.2) is 5.82 Å². The zero-order valence-corrected chi connectivity index (χ0v) is 10.3. The van der Waals surface area contributed by atoms with E-state index in [0.717, 1.165) is 6.20 Å². The summed E-state index contributed by atoms with van der Waals surface area (Å²) in [6, 6.07) is 3.09. The summed E-state index contributed by atoms with van der Waals surface area (Å²) in [5.41, 5.74) is 1.19. The number of aromatic nitrogens is 4. The Kier molecular flexibility index (Phi) is 2.92. The SMILES string of the molecule is Fc1cnc2c(Nc3cnc(Cl)nc3)nccc2c1. The van der Waals surface area contributed by atoms with Gasteiger partial charge in [0.1, 0.15) is 11.3 Å². The van der Waals surface area contributed by atoms with E-state index in [4.69, 9.17) is 11.6 Å². The summed E-state index contributed by atoms with van der Waals surface area (Å²) in [6.07, 6.45) is 5.77. The molecule has 0 aliphatic carbocycles. The number of nitrogens with one attached hydrogen (secondary N) is 1. The van der Waals surface area contributed by atoms with Crippen LogP contribution in [0, 0.1) is 5.82 Å². The number of hydrogen-bond donors (Lipinski definition) is 1. The molecule has 0 saturated carbocycles. The van der Waals surface area contributed by atoms with E-state index in [1.165, 1.54) is 18.5 Å². The summed E-state index contributed by atoms with van der Waals surface area (Å²) in [7, 11) is 0. The molecule has 0 aromatic carbocycles. The monoisotopic (exact) mass is 275 g/mol. The molecule has 0 saturated heterocycles. The van der Waals surface area contributed by atoms with E-state index < -0.39 is 0 Å². The molecule has 3 rings (SSSR count). The average molecular weight is 276 g/mol. The van der Waals surface area contributed by atoms with Crippen LogP contribution in [0.25, 0.3) is 10.9 Å². The molecule has 5 nitrogen and oxygen atoms in total. The van der Waals surface area contributed by atoms with Crippen LogP contribution in [0.4, 0.5) is 15.9 Å². The van der Waals surface area contributed by atoms with E-state index in [-0.39, 0.29) is 11.1 Å². The van der Waals surface area contributed by atoms with Crippen molar-refractivity contribution in [3.63, 3.8) is 0 Å². The quantitative estimate of drug-likeness (QED) is 0.729. The molecule has 0 atom stereocenters. The summed E-state index contributed by atoms with van der Waals surface area (Å²) >= 11 is 5.61. The number of rotatable bonds is 2. The van der Waals surface area contributed by atoms with Crippen LogP contribution in [0.5, 0.6) is 0 Å². The average Bonchev–Trinajstić information content (AvgIpc) is 2.41. The molecule has 0 bridgehead atoms. The third-order valence-corrected chi connectivity index (χ3v) is 2.64. The van der Waals surface area contributed by atoms with Gasteiger partial charge in [-0.25, -0.2) is 24.3 Å². The molecule has 94 valence electrons. The number of hydrogen-bond acceptors (Lipinski definition) is 5. The first-order valence-electron chi connectivity index (χ1n) is 5.37. The highest BCUT2D eigenvalue weighted by Gasteiger charge is 2.06. The highest BCUT2D eigenvalue weighted by Crippen LogP contribution is 2.22. The van der Waals surface area contributed by atoms with Crippen LogP contribution in [0.3, 0.4) is 0 Å². The Labute approximate surface area is 112 Å². The first kappa shape index (κ1) is 11.7. The second kappa shape index (κ2) is 4.74. The molecule has 7 heteroatoms. The fraction of sp³-hybridized carbons (Fsp3) is 0. The van der Waals surface area contributed by atoms with Crippen LogP contribution in [-0.2, 0) is 0 Å². The maximum Gasteiger partial charge on any atom is 0.222 e. The van der Waals surface area contributed by atoms with Crippen molar-refractivity contribution in [2.45, 2.75) is 0 Å². The molecular weight excluding hydrogens is 269 g/mol. The van der Waals surface area contributed by atoms with Gasteiger partial charge in [0.05, 0.1) is 24.3 Å². The Morgan fingerprint density at radius 1 is 1.05 bits per heavy atom. The van der Waals surface area contributed by atoms with Crippen molar-refractivity contribution in [3.8, 4) is 0 Å². The third-order valence-electron chi connectivity index (χ3n) is 2.45. The zero-order valence-electron chi connectivity index (χ0n) is 9.51. The molecule has 0 spiro atoms. The maximum absolute atomic E-state index is 13.1. The minimum Gasteiger partial charge on any atom is -0.336 e. The van der Waals surface area contributed by atoms with Crippen molar-refractivity contribution in [1.82, 2.24) is 19.9 Å². The largest absolute Gasteiger partial charge is 0.336 e. The lowest BCUT2D eigenvalue weighted by molar-refractivity contribution is 0.624. The molecule has 0 fully saturated rings. The second-order valence-corrected chi connectivity index (χ2v) is 4.09. The van der Waals surface area contributed by atoms with Crippen LogP contribution in [0.2, 0.25) is 5.28 Å². The molecule has 0 aliphatic heterocycles. The van der Waals surface area contributed by atoms with Gasteiger partial charge in [-0.15, -0.1) is 0 Å². The Morgan fingerprint density at radius 2 is 1.84 bits per heavy atom. The fourth-order valence-corrected chi connectivity index (χ4v) is 1.74. The van der Waals surface area contributed by atoms with Crippen molar-refractivity contribution in [2.75, 3.05) is 5.32 Å². The molecule has 1 N–H and O–H groups in total. The molecule has 19 heavy (non-hydrogen) atoms. The zero-order chi connectivity index (χ0) is 13.2. The number of nitrogens with zero attached hydrogens (tertiary/aromatic N) is 4. The van der Waals surface area contributed by atoms with Crippen molar-refractivity contribution >= 4 is 34.0 Å². The van der Waals surface area contributed by atoms with Crippen molar-refractivity contribution in [1.29, 1.82) is 0 Å². The van der Waals surface area contributed by atoms with E-state index >= 15 is 0 Å². The van der Waals surface area contributed by atoms with Crippen LogP contribution < -0.4 is 5.32 Å². The Hall–Kier alpha value is -2.34. The van der Waals surface area contributed by atoms with Crippen LogP contribution >= 0.6 is 11.6 Å². The molecule has 3 aromatic rings. The van der Waals surface area contributed by atoms with E-state index in [1.54, 1.807) is 12.3 Å². The number of halogens is 2. The minimum atomic E-state index is -0.389. The number of anilines is 2. The predicted octanol–water partition coefficient (Wildman–Crippen LogP) is 2.96. The Bertz CT molecular complexity index is 732. The van der Waals surface area contributed by atoms with Crippen LogP contribution in [-0.4, -0.2) is 19.9 Å². The van der Waals surface area contributed by atoms with Gasteiger partial charge < -0.3 is 5.32 Å². The summed E-state index contributed by atoms with van der Waals surface area (Å²) in [4.78, 5) is 15.9. The van der Waals surface area contributed by atoms with Crippen LogP contribution in [0.15, 0.2) is 36.9 Å². The lowest BCUT2D eigenvalue weighted by Crippen LogP contribution is -1.97. The topological polar surface area (TPSA) is 63.6 Å². The molecule has 0 unspecified atom stereocenters. The van der Waals surface area contributed by atoms with Gasteiger partial charge in [0, 0.05) is 11.6 Å². The van der Waals surface area contributed by atoms with Gasteiger partial charge >= 0.3 is 0 Å². The van der Waals surface area contributed by atoms with Crippen molar-refractivity contribution < 1.29 is 4.39 Å². The van der Waals surface area contributed by atoms with Gasteiger partial charge in [0.25, 0.3) is 0 Å². The molecule has 0 amide bonds. The lowest BCUT2D eigenvalue weighted by Gasteiger charge is -2.07. The highest BCUT2D eigenvalue weighted by molar-refractivity contribution is 6.28. The van der Waals surface area contributed by atoms with E-state index in [9.17, 15) is 4.39 Å². The first-order chi connectivity index (χ1) is 9.22. The lowest BCUT2D eigenvalue weighted by atomic mass is 10.2. The minimum absolute atomic E-state index is 0.164. The summed E-state index contributed by atoms with van der Waals surface area (Å²) in [6.45, 7) is 0. The molecule has 0 aliphatic rings. The summed E-state index contributed by atoms with van der Waals surface area (Å²) in [5, 5.41) is 3.84. The Balaban J connectivity index is 2.03. The van der Waals surface area contributed by atoms with Gasteiger partial charge in [-0.05, 0) is 23.7 Å². The van der Waals surface area contributed by atoms with Gasteiger partial charge in [-0.3, -0.25) is 0 Å². The maximum atomic E-state index is 13.1.